The van der Waals surface area contributed by atoms with Gasteiger partial charge in [-0.1, -0.05) is 28.1 Å². The number of alkyl halides is 1. The number of benzene rings is 1. The first-order valence-electron chi connectivity index (χ1n) is 6.55. The molecule has 112 valence electrons. The van der Waals surface area contributed by atoms with Crippen LogP contribution in [0.15, 0.2) is 24.3 Å². The summed E-state index contributed by atoms with van der Waals surface area (Å²) in [5, 5.41) is 3.69. The third-order valence-corrected chi connectivity index (χ3v) is 3.06. The van der Waals surface area contributed by atoms with Crippen molar-refractivity contribution in [2.75, 3.05) is 12.4 Å². The molecule has 1 unspecified atom stereocenters. The molecule has 0 heterocycles. The first kappa shape index (κ1) is 16.8. The van der Waals surface area contributed by atoms with Gasteiger partial charge < -0.3 is 14.8 Å². The number of nitrogens with one attached hydrogen (secondary N) is 1. The molecule has 0 radical (unpaired) electrons. The zero-order chi connectivity index (χ0) is 15.2. The van der Waals surface area contributed by atoms with Crippen molar-refractivity contribution in [2.24, 2.45) is 0 Å². The molecular formula is C15H22BrNO3. The van der Waals surface area contributed by atoms with Gasteiger partial charge in [-0.05, 0) is 44.9 Å². The van der Waals surface area contributed by atoms with Crippen molar-refractivity contribution in [1.82, 2.24) is 5.32 Å². The number of amides is 1. The standard InChI is InChI=1S/C15H22BrNO3/c1-15(2,3)20-14(18)17-13(9-10-16)11-5-7-12(19-4)8-6-11/h5-8,13H,9-10H2,1-4H3,(H,17,18). The lowest BCUT2D eigenvalue weighted by Crippen LogP contribution is -2.35. The minimum atomic E-state index is -0.497. The maximum absolute atomic E-state index is 11.9. The summed E-state index contributed by atoms with van der Waals surface area (Å²) in [7, 11) is 1.63. The third-order valence-electron chi connectivity index (χ3n) is 2.61. The van der Waals surface area contributed by atoms with Gasteiger partial charge in [-0.3, -0.25) is 0 Å². The molecule has 1 aromatic rings. The van der Waals surface area contributed by atoms with E-state index in [2.05, 4.69) is 21.2 Å². The van der Waals surface area contributed by atoms with Crippen molar-refractivity contribution in [3.05, 3.63) is 29.8 Å². The number of carbonyl (C=O) groups is 1. The van der Waals surface area contributed by atoms with Crippen molar-refractivity contribution >= 4 is 22.0 Å². The number of alkyl carbamates (subject to hydrolysis) is 1. The van der Waals surface area contributed by atoms with E-state index >= 15 is 0 Å². The molecule has 0 aliphatic rings. The second-order valence-corrected chi connectivity index (χ2v) is 6.24. The molecule has 1 aromatic carbocycles. The first-order valence-corrected chi connectivity index (χ1v) is 7.67. The van der Waals surface area contributed by atoms with Gasteiger partial charge in [0.15, 0.2) is 0 Å². The summed E-state index contributed by atoms with van der Waals surface area (Å²) in [6, 6.07) is 7.57. The van der Waals surface area contributed by atoms with Crippen molar-refractivity contribution < 1.29 is 14.3 Å². The van der Waals surface area contributed by atoms with Crippen LogP contribution < -0.4 is 10.1 Å². The van der Waals surface area contributed by atoms with Crippen molar-refractivity contribution in [1.29, 1.82) is 0 Å². The lowest BCUT2D eigenvalue weighted by atomic mass is 10.0. The van der Waals surface area contributed by atoms with Crippen molar-refractivity contribution in [3.8, 4) is 5.75 Å². The van der Waals surface area contributed by atoms with Crippen molar-refractivity contribution in [3.63, 3.8) is 0 Å². The lowest BCUT2D eigenvalue weighted by Gasteiger charge is -2.23. The Labute approximate surface area is 129 Å². The van der Waals surface area contributed by atoms with Gasteiger partial charge in [0.05, 0.1) is 13.2 Å². The number of halogens is 1. The van der Waals surface area contributed by atoms with Crippen LogP contribution in [0.4, 0.5) is 4.79 Å². The number of carbonyl (C=O) groups excluding carboxylic acids is 1. The van der Waals surface area contributed by atoms with E-state index in [1.807, 2.05) is 45.0 Å². The summed E-state index contributed by atoms with van der Waals surface area (Å²) in [5.41, 5.74) is 0.527. The SMILES string of the molecule is COc1ccc(C(CCBr)NC(=O)OC(C)(C)C)cc1. The number of rotatable bonds is 5. The molecule has 5 heteroatoms. The second-order valence-electron chi connectivity index (χ2n) is 5.45. The average Bonchev–Trinajstić information content (AvgIpc) is 2.36. The van der Waals surface area contributed by atoms with E-state index in [0.29, 0.717) is 0 Å². The molecule has 0 aliphatic heterocycles. The topological polar surface area (TPSA) is 47.6 Å². The van der Waals surface area contributed by atoms with Crippen LogP contribution in [0.2, 0.25) is 0 Å². The minimum absolute atomic E-state index is 0.0878. The molecule has 1 N–H and O–H groups in total. The fourth-order valence-corrected chi connectivity index (χ4v) is 2.18. The summed E-state index contributed by atoms with van der Waals surface area (Å²) in [6.07, 6.45) is 0.380. The summed E-state index contributed by atoms with van der Waals surface area (Å²) >= 11 is 3.41. The summed E-state index contributed by atoms with van der Waals surface area (Å²) < 4.78 is 10.4. The van der Waals surface area contributed by atoms with Crippen LogP contribution in [0.1, 0.15) is 38.8 Å². The Morgan fingerprint density at radius 1 is 1.30 bits per heavy atom. The largest absolute Gasteiger partial charge is 0.497 e. The highest BCUT2D eigenvalue weighted by atomic mass is 79.9. The maximum Gasteiger partial charge on any atom is 0.408 e. The van der Waals surface area contributed by atoms with Crippen LogP contribution in [0.3, 0.4) is 0 Å². The van der Waals surface area contributed by atoms with Gasteiger partial charge in [-0.2, -0.15) is 0 Å². The molecule has 0 aliphatic carbocycles. The third kappa shape index (κ3) is 5.82. The van der Waals surface area contributed by atoms with E-state index < -0.39 is 11.7 Å². The predicted molar refractivity (Wildman–Crippen MR) is 83.5 cm³/mol. The Morgan fingerprint density at radius 3 is 2.35 bits per heavy atom. The molecule has 0 saturated heterocycles. The molecule has 20 heavy (non-hydrogen) atoms. The van der Waals surface area contributed by atoms with Crippen LogP contribution in [0.25, 0.3) is 0 Å². The Bertz CT molecular complexity index is 426. The molecule has 0 spiro atoms. The Morgan fingerprint density at radius 2 is 1.90 bits per heavy atom. The van der Waals surface area contributed by atoms with E-state index in [-0.39, 0.29) is 6.04 Å². The summed E-state index contributed by atoms with van der Waals surface area (Å²) in [6.45, 7) is 5.54. The van der Waals surface area contributed by atoms with Gasteiger partial charge >= 0.3 is 6.09 Å². The number of hydrogen-bond acceptors (Lipinski definition) is 3. The molecule has 1 atom stereocenters. The lowest BCUT2D eigenvalue weighted by molar-refractivity contribution is 0.0502. The normalized spacial score (nSPS) is 12.7. The average molecular weight is 344 g/mol. The smallest absolute Gasteiger partial charge is 0.408 e. The number of methoxy groups -OCH3 is 1. The number of hydrogen-bond donors (Lipinski definition) is 1. The molecular weight excluding hydrogens is 322 g/mol. The zero-order valence-corrected chi connectivity index (χ0v) is 14.0. The Kier molecular flexibility index (Phi) is 6.33. The molecule has 0 bridgehead atoms. The van der Waals surface area contributed by atoms with Gasteiger partial charge in [-0.15, -0.1) is 0 Å². The van der Waals surface area contributed by atoms with Gasteiger partial charge in [-0.25, -0.2) is 4.79 Å². The van der Waals surface area contributed by atoms with E-state index in [1.54, 1.807) is 7.11 Å². The van der Waals surface area contributed by atoms with Crippen LogP contribution in [-0.4, -0.2) is 24.1 Å². The van der Waals surface area contributed by atoms with E-state index in [1.165, 1.54) is 0 Å². The van der Waals surface area contributed by atoms with E-state index in [4.69, 9.17) is 9.47 Å². The van der Waals surface area contributed by atoms with E-state index in [0.717, 1.165) is 23.1 Å². The van der Waals surface area contributed by atoms with Gasteiger partial charge in [0, 0.05) is 5.33 Å². The predicted octanol–water partition coefficient (Wildman–Crippen LogP) is 4.05. The van der Waals surface area contributed by atoms with E-state index in [9.17, 15) is 4.79 Å². The maximum atomic E-state index is 11.9. The Hall–Kier alpha value is -1.23. The molecule has 1 amide bonds. The molecule has 0 aromatic heterocycles. The van der Waals surface area contributed by atoms with Gasteiger partial charge in [0.25, 0.3) is 0 Å². The quantitative estimate of drug-likeness (QED) is 0.820. The van der Waals surface area contributed by atoms with Gasteiger partial charge in [0.2, 0.25) is 0 Å². The van der Waals surface area contributed by atoms with Gasteiger partial charge in [0.1, 0.15) is 11.4 Å². The van der Waals surface area contributed by atoms with Crippen LogP contribution in [0, 0.1) is 0 Å². The molecule has 0 fully saturated rings. The zero-order valence-electron chi connectivity index (χ0n) is 12.4. The molecule has 4 nitrogen and oxygen atoms in total. The summed E-state index contributed by atoms with van der Waals surface area (Å²) in [4.78, 5) is 11.9. The fourth-order valence-electron chi connectivity index (χ4n) is 1.72. The number of ether oxygens (including phenoxy) is 2. The monoisotopic (exact) mass is 343 g/mol. The van der Waals surface area contributed by atoms with Crippen LogP contribution in [0.5, 0.6) is 5.75 Å². The highest BCUT2D eigenvalue weighted by Gasteiger charge is 2.20. The highest BCUT2D eigenvalue weighted by Crippen LogP contribution is 2.21. The fraction of sp³-hybridized carbons (Fsp3) is 0.533. The highest BCUT2D eigenvalue weighted by molar-refractivity contribution is 9.09. The van der Waals surface area contributed by atoms with Crippen LogP contribution in [-0.2, 0) is 4.74 Å². The minimum Gasteiger partial charge on any atom is -0.497 e. The van der Waals surface area contributed by atoms with Crippen molar-refractivity contribution in [2.45, 2.75) is 38.8 Å². The molecule has 0 saturated carbocycles. The Balaban J connectivity index is 2.74. The second kappa shape index (κ2) is 7.53. The molecule has 1 rings (SSSR count). The van der Waals surface area contributed by atoms with Crippen LogP contribution >= 0.6 is 15.9 Å². The summed E-state index contributed by atoms with van der Waals surface area (Å²) in [5.74, 6) is 0.795. The first-order chi connectivity index (χ1) is 9.35.